The van der Waals surface area contributed by atoms with E-state index in [0.29, 0.717) is 13.0 Å². The monoisotopic (exact) mass is 251 g/mol. The Labute approximate surface area is 99.5 Å². The van der Waals surface area contributed by atoms with Crippen LogP contribution in [0, 0.1) is 5.41 Å². The van der Waals surface area contributed by atoms with Crippen LogP contribution in [-0.4, -0.2) is 32.4 Å². The van der Waals surface area contributed by atoms with Crippen molar-refractivity contribution >= 4 is 10.0 Å². The molecule has 0 bridgehead atoms. The minimum atomic E-state index is -3.17. The zero-order chi connectivity index (χ0) is 12.7. The van der Waals surface area contributed by atoms with Crippen molar-refractivity contribution in [3.63, 3.8) is 0 Å². The lowest BCUT2D eigenvalue weighted by Crippen LogP contribution is -2.40. The highest BCUT2D eigenvalue weighted by Crippen LogP contribution is 2.24. The molecule has 98 valence electrons. The van der Waals surface area contributed by atoms with Crippen molar-refractivity contribution < 1.29 is 13.5 Å². The molecule has 0 aliphatic carbocycles. The number of unbranched alkanes of at least 4 members (excludes halogenated alkanes) is 1. The SMILES string of the molecule is CCCCS(=O)(=O)NCC(CC)(CC)CO. The third-order valence-electron chi connectivity index (χ3n) is 3.27. The van der Waals surface area contributed by atoms with Gasteiger partial charge in [0, 0.05) is 18.6 Å². The van der Waals surface area contributed by atoms with Crippen molar-refractivity contribution in [2.45, 2.75) is 46.5 Å². The fourth-order valence-electron chi connectivity index (χ4n) is 1.45. The van der Waals surface area contributed by atoms with Crippen LogP contribution in [0.3, 0.4) is 0 Å². The molecule has 0 atom stereocenters. The lowest BCUT2D eigenvalue weighted by atomic mass is 9.84. The second-order valence-corrected chi connectivity index (χ2v) is 6.29. The van der Waals surface area contributed by atoms with Crippen LogP contribution < -0.4 is 4.72 Å². The third kappa shape index (κ3) is 5.27. The lowest BCUT2D eigenvalue weighted by Gasteiger charge is -2.29. The average molecular weight is 251 g/mol. The molecule has 0 aromatic rings. The van der Waals surface area contributed by atoms with Crippen LogP contribution >= 0.6 is 0 Å². The Bertz CT molecular complexity index is 263. The van der Waals surface area contributed by atoms with Crippen molar-refractivity contribution in [3.05, 3.63) is 0 Å². The van der Waals surface area contributed by atoms with Crippen molar-refractivity contribution in [2.24, 2.45) is 5.41 Å². The van der Waals surface area contributed by atoms with Gasteiger partial charge in [-0.05, 0) is 19.3 Å². The molecule has 4 nitrogen and oxygen atoms in total. The zero-order valence-corrected chi connectivity index (χ0v) is 11.4. The Morgan fingerprint density at radius 1 is 1.19 bits per heavy atom. The topological polar surface area (TPSA) is 66.4 Å². The molecule has 5 heteroatoms. The van der Waals surface area contributed by atoms with Crippen LogP contribution in [0.25, 0.3) is 0 Å². The highest BCUT2D eigenvalue weighted by Gasteiger charge is 2.26. The molecular weight excluding hydrogens is 226 g/mol. The highest BCUT2D eigenvalue weighted by molar-refractivity contribution is 7.89. The van der Waals surface area contributed by atoms with E-state index in [0.717, 1.165) is 19.3 Å². The quantitative estimate of drug-likeness (QED) is 0.652. The summed E-state index contributed by atoms with van der Waals surface area (Å²) in [4.78, 5) is 0. The molecule has 0 heterocycles. The highest BCUT2D eigenvalue weighted by atomic mass is 32.2. The van der Waals surface area contributed by atoms with Crippen LogP contribution in [-0.2, 0) is 10.0 Å². The van der Waals surface area contributed by atoms with Crippen molar-refractivity contribution in [1.29, 1.82) is 0 Å². The van der Waals surface area contributed by atoms with Crippen LogP contribution in [0.15, 0.2) is 0 Å². The maximum absolute atomic E-state index is 11.6. The van der Waals surface area contributed by atoms with Gasteiger partial charge < -0.3 is 5.11 Å². The normalized spacial score (nSPS) is 13.0. The van der Waals surface area contributed by atoms with Gasteiger partial charge in [0.25, 0.3) is 0 Å². The molecule has 0 aliphatic heterocycles. The van der Waals surface area contributed by atoms with E-state index < -0.39 is 10.0 Å². The molecule has 0 fully saturated rings. The van der Waals surface area contributed by atoms with Crippen LogP contribution in [0.2, 0.25) is 0 Å². The Morgan fingerprint density at radius 2 is 1.75 bits per heavy atom. The van der Waals surface area contributed by atoms with Crippen molar-refractivity contribution in [1.82, 2.24) is 4.72 Å². The second kappa shape index (κ2) is 7.25. The summed E-state index contributed by atoms with van der Waals surface area (Å²) in [5.41, 5.74) is -0.306. The Morgan fingerprint density at radius 3 is 2.12 bits per heavy atom. The fraction of sp³-hybridized carbons (Fsp3) is 1.00. The molecular formula is C11H25NO3S. The fourth-order valence-corrected chi connectivity index (χ4v) is 2.79. The number of aliphatic hydroxyl groups excluding tert-OH is 1. The van der Waals surface area contributed by atoms with E-state index >= 15 is 0 Å². The van der Waals surface area contributed by atoms with E-state index in [1.165, 1.54) is 0 Å². The maximum atomic E-state index is 11.6. The number of aliphatic hydroxyl groups is 1. The predicted molar refractivity (Wildman–Crippen MR) is 66.8 cm³/mol. The van der Waals surface area contributed by atoms with Gasteiger partial charge in [-0.1, -0.05) is 27.2 Å². The molecule has 2 N–H and O–H groups in total. The second-order valence-electron chi connectivity index (χ2n) is 4.36. The van der Waals surface area contributed by atoms with E-state index in [-0.39, 0.29) is 17.8 Å². The van der Waals surface area contributed by atoms with Gasteiger partial charge in [0.1, 0.15) is 0 Å². The summed E-state index contributed by atoms with van der Waals surface area (Å²) in [6, 6.07) is 0. The Balaban J connectivity index is 4.30. The molecule has 0 saturated heterocycles. The summed E-state index contributed by atoms with van der Waals surface area (Å²) in [6.07, 6.45) is 3.10. The first-order valence-electron chi connectivity index (χ1n) is 6.03. The minimum Gasteiger partial charge on any atom is -0.396 e. The predicted octanol–water partition coefficient (Wildman–Crippen LogP) is 1.50. The minimum absolute atomic E-state index is 0.0241. The molecule has 0 saturated carbocycles. The summed E-state index contributed by atoms with van der Waals surface area (Å²) in [6.45, 7) is 6.27. The van der Waals surface area contributed by atoms with Gasteiger partial charge in [-0.15, -0.1) is 0 Å². The van der Waals surface area contributed by atoms with Crippen LogP contribution in [0.4, 0.5) is 0 Å². The van der Waals surface area contributed by atoms with Crippen molar-refractivity contribution in [3.8, 4) is 0 Å². The summed E-state index contributed by atoms with van der Waals surface area (Å²) >= 11 is 0. The van der Waals surface area contributed by atoms with Gasteiger partial charge in [0.05, 0.1) is 5.75 Å². The summed E-state index contributed by atoms with van der Waals surface area (Å²) in [5, 5.41) is 9.31. The Kier molecular flexibility index (Phi) is 7.19. The van der Waals surface area contributed by atoms with Gasteiger partial charge in [-0.25, -0.2) is 13.1 Å². The van der Waals surface area contributed by atoms with Gasteiger partial charge in [-0.3, -0.25) is 0 Å². The van der Waals surface area contributed by atoms with E-state index in [4.69, 9.17) is 0 Å². The standard InChI is InChI=1S/C11H25NO3S/c1-4-7-8-16(14,15)12-9-11(5-2,6-3)10-13/h12-13H,4-10H2,1-3H3. The van der Waals surface area contributed by atoms with E-state index in [1.807, 2.05) is 20.8 Å². The van der Waals surface area contributed by atoms with Crippen molar-refractivity contribution in [2.75, 3.05) is 18.9 Å². The van der Waals surface area contributed by atoms with Gasteiger partial charge >= 0.3 is 0 Å². The van der Waals surface area contributed by atoms with E-state index in [9.17, 15) is 13.5 Å². The third-order valence-corrected chi connectivity index (χ3v) is 4.68. The zero-order valence-electron chi connectivity index (χ0n) is 10.6. The Hall–Kier alpha value is -0.130. The first kappa shape index (κ1) is 15.9. The number of sulfonamides is 1. The van der Waals surface area contributed by atoms with Crippen LogP contribution in [0.1, 0.15) is 46.5 Å². The largest absolute Gasteiger partial charge is 0.396 e. The number of rotatable bonds is 9. The summed E-state index contributed by atoms with van der Waals surface area (Å²) < 4.78 is 25.8. The van der Waals surface area contributed by atoms with Gasteiger partial charge in [0.2, 0.25) is 10.0 Å². The molecule has 0 aromatic carbocycles. The summed E-state index contributed by atoms with van der Waals surface area (Å²) in [7, 11) is -3.17. The molecule has 0 radical (unpaired) electrons. The van der Waals surface area contributed by atoms with E-state index in [2.05, 4.69) is 4.72 Å². The van der Waals surface area contributed by atoms with Crippen LogP contribution in [0.5, 0.6) is 0 Å². The molecule has 0 rings (SSSR count). The molecule has 0 spiro atoms. The molecule has 16 heavy (non-hydrogen) atoms. The first-order valence-corrected chi connectivity index (χ1v) is 7.68. The van der Waals surface area contributed by atoms with Gasteiger partial charge in [-0.2, -0.15) is 0 Å². The summed E-state index contributed by atoms with van der Waals surface area (Å²) in [5.74, 6) is 0.179. The van der Waals surface area contributed by atoms with E-state index in [1.54, 1.807) is 0 Å². The molecule has 0 amide bonds. The maximum Gasteiger partial charge on any atom is 0.211 e. The molecule has 0 unspecified atom stereocenters. The molecule has 0 aliphatic rings. The average Bonchev–Trinajstić information content (AvgIpc) is 2.29. The number of hydrogen-bond donors (Lipinski definition) is 2. The number of nitrogens with one attached hydrogen (secondary N) is 1. The smallest absolute Gasteiger partial charge is 0.211 e. The molecule has 0 aromatic heterocycles. The number of hydrogen-bond acceptors (Lipinski definition) is 3. The lowest BCUT2D eigenvalue weighted by molar-refractivity contribution is 0.119. The van der Waals surface area contributed by atoms with Gasteiger partial charge in [0.15, 0.2) is 0 Å². The first-order chi connectivity index (χ1) is 7.45.